The van der Waals surface area contributed by atoms with Crippen molar-refractivity contribution >= 4 is 15.8 Å². The molecular weight excluding hydrogens is 285 g/mol. The lowest BCUT2D eigenvalue weighted by Crippen LogP contribution is -2.54. The molecule has 0 saturated carbocycles. The van der Waals surface area contributed by atoms with Crippen LogP contribution in [0.5, 0.6) is 0 Å². The average Bonchev–Trinajstić information content (AvgIpc) is 2.37. The molecule has 0 spiro atoms. The Labute approximate surface area is 117 Å². The van der Waals surface area contributed by atoms with E-state index >= 15 is 0 Å². The summed E-state index contributed by atoms with van der Waals surface area (Å²) in [5.74, 6) is 0.156. The third kappa shape index (κ3) is 4.12. The summed E-state index contributed by atoms with van der Waals surface area (Å²) < 4.78 is 37.4. The number of anilines is 1. The summed E-state index contributed by atoms with van der Waals surface area (Å²) in [6.45, 7) is 0.914. The molecule has 0 radical (unpaired) electrons. The summed E-state index contributed by atoms with van der Waals surface area (Å²) in [5, 5.41) is 10.5. The predicted octanol–water partition coefficient (Wildman–Crippen LogP) is 0.101. The maximum atomic E-state index is 12.9. The van der Waals surface area contributed by atoms with Gasteiger partial charge in [0.15, 0.2) is 0 Å². The summed E-state index contributed by atoms with van der Waals surface area (Å²) >= 11 is 0. The van der Waals surface area contributed by atoms with Crippen molar-refractivity contribution in [2.45, 2.75) is 18.4 Å². The van der Waals surface area contributed by atoms with Crippen molar-refractivity contribution in [3.63, 3.8) is 0 Å². The first-order chi connectivity index (χ1) is 9.27. The summed E-state index contributed by atoms with van der Waals surface area (Å²) in [6.07, 6.45) is 3.39. The van der Waals surface area contributed by atoms with Gasteiger partial charge >= 0.3 is 0 Å². The van der Waals surface area contributed by atoms with E-state index < -0.39 is 21.4 Å². The van der Waals surface area contributed by atoms with E-state index in [2.05, 4.69) is 9.71 Å². The fourth-order valence-corrected chi connectivity index (χ4v) is 2.80. The van der Waals surface area contributed by atoms with Crippen LogP contribution >= 0.6 is 0 Å². The van der Waals surface area contributed by atoms with Crippen LogP contribution in [0.25, 0.3) is 0 Å². The quantitative estimate of drug-likeness (QED) is 0.824. The number of hydrogen-bond acceptors (Lipinski definition) is 5. The summed E-state index contributed by atoms with van der Waals surface area (Å²) in [6, 6.07) is 2.86. The van der Waals surface area contributed by atoms with Gasteiger partial charge in [0.25, 0.3) is 0 Å². The number of sulfonamides is 1. The van der Waals surface area contributed by atoms with Crippen molar-refractivity contribution in [1.82, 2.24) is 9.71 Å². The second-order valence-corrected chi connectivity index (χ2v) is 7.01. The molecule has 2 rings (SSSR count). The molecule has 1 fully saturated rings. The summed E-state index contributed by atoms with van der Waals surface area (Å²) in [5.41, 5.74) is -1.14. The second kappa shape index (κ2) is 5.63. The molecule has 0 aliphatic carbocycles. The Bertz CT molecular complexity index is 564. The molecule has 1 aliphatic heterocycles. The molecule has 0 aromatic carbocycles. The molecule has 20 heavy (non-hydrogen) atoms. The van der Waals surface area contributed by atoms with Crippen LogP contribution < -0.4 is 9.62 Å². The molecule has 1 aliphatic rings. The first-order valence-corrected chi connectivity index (χ1v) is 8.20. The van der Waals surface area contributed by atoms with Crippen molar-refractivity contribution in [3.05, 3.63) is 24.1 Å². The molecule has 6 nitrogen and oxygen atoms in total. The monoisotopic (exact) mass is 303 g/mol. The zero-order valence-electron chi connectivity index (χ0n) is 11.2. The fourth-order valence-electron chi connectivity index (χ4n) is 2.27. The summed E-state index contributed by atoms with van der Waals surface area (Å²) in [4.78, 5) is 5.80. The minimum absolute atomic E-state index is 0.0382. The number of hydrogen-bond donors (Lipinski definition) is 2. The number of nitrogens with one attached hydrogen (secondary N) is 1. The van der Waals surface area contributed by atoms with E-state index in [0.717, 1.165) is 12.5 Å². The Morgan fingerprint density at radius 3 is 2.90 bits per heavy atom. The number of aliphatic hydroxyl groups is 1. The van der Waals surface area contributed by atoms with Crippen LogP contribution in [0.3, 0.4) is 0 Å². The van der Waals surface area contributed by atoms with Gasteiger partial charge in [-0.05, 0) is 25.0 Å². The number of pyridine rings is 1. The van der Waals surface area contributed by atoms with Gasteiger partial charge < -0.3 is 10.0 Å². The third-order valence-electron chi connectivity index (χ3n) is 3.25. The van der Waals surface area contributed by atoms with E-state index in [1.807, 2.05) is 4.90 Å². The Morgan fingerprint density at radius 1 is 1.55 bits per heavy atom. The van der Waals surface area contributed by atoms with Gasteiger partial charge in [-0.15, -0.1) is 0 Å². The van der Waals surface area contributed by atoms with E-state index in [4.69, 9.17) is 0 Å². The first kappa shape index (κ1) is 15.1. The fraction of sp³-hybridized carbons (Fsp3) is 0.583. The molecule has 0 amide bonds. The van der Waals surface area contributed by atoms with Gasteiger partial charge in [0.1, 0.15) is 11.6 Å². The van der Waals surface area contributed by atoms with Gasteiger partial charge in [-0.1, -0.05) is 0 Å². The maximum Gasteiger partial charge on any atom is 0.208 e. The Morgan fingerprint density at radius 2 is 2.30 bits per heavy atom. The smallest absolute Gasteiger partial charge is 0.208 e. The van der Waals surface area contributed by atoms with Crippen molar-refractivity contribution in [2.75, 3.05) is 30.8 Å². The van der Waals surface area contributed by atoms with Gasteiger partial charge in [0.05, 0.1) is 18.1 Å². The molecule has 2 heterocycles. The summed E-state index contributed by atoms with van der Waals surface area (Å²) in [7, 11) is -3.34. The molecule has 1 aromatic rings. The lowest BCUT2D eigenvalue weighted by atomic mass is 9.93. The number of piperidine rings is 1. The minimum Gasteiger partial charge on any atom is -0.387 e. The zero-order valence-corrected chi connectivity index (χ0v) is 12.0. The van der Waals surface area contributed by atoms with Gasteiger partial charge in [0, 0.05) is 19.6 Å². The molecule has 1 aromatic heterocycles. The second-order valence-electron chi connectivity index (χ2n) is 5.18. The van der Waals surface area contributed by atoms with Gasteiger partial charge in [-0.3, -0.25) is 0 Å². The normalized spacial score (nSPS) is 23.9. The van der Waals surface area contributed by atoms with Crippen molar-refractivity contribution < 1.29 is 17.9 Å². The molecule has 8 heteroatoms. The molecule has 112 valence electrons. The van der Waals surface area contributed by atoms with E-state index in [9.17, 15) is 17.9 Å². The van der Waals surface area contributed by atoms with Crippen LogP contribution in [0.15, 0.2) is 18.3 Å². The average molecular weight is 303 g/mol. The lowest BCUT2D eigenvalue weighted by Gasteiger charge is -2.39. The van der Waals surface area contributed by atoms with Crippen LogP contribution in [0.1, 0.15) is 12.8 Å². The van der Waals surface area contributed by atoms with Gasteiger partial charge in [-0.2, -0.15) is 0 Å². The number of halogens is 1. The maximum absolute atomic E-state index is 12.9. The molecule has 0 bridgehead atoms. The van der Waals surface area contributed by atoms with E-state index in [-0.39, 0.29) is 13.1 Å². The van der Waals surface area contributed by atoms with E-state index in [1.165, 1.54) is 6.07 Å². The highest BCUT2D eigenvalue weighted by molar-refractivity contribution is 7.88. The Kier molecular flexibility index (Phi) is 4.26. The van der Waals surface area contributed by atoms with Crippen molar-refractivity contribution in [1.29, 1.82) is 0 Å². The topological polar surface area (TPSA) is 82.5 Å². The highest BCUT2D eigenvalue weighted by Gasteiger charge is 2.34. The van der Waals surface area contributed by atoms with Gasteiger partial charge in [0.2, 0.25) is 10.0 Å². The predicted molar refractivity (Wildman–Crippen MR) is 73.4 cm³/mol. The van der Waals surface area contributed by atoms with Crippen molar-refractivity contribution in [2.24, 2.45) is 0 Å². The number of rotatable bonds is 4. The van der Waals surface area contributed by atoms with Crippen LogP contribution in [0.2, 0.25) is 0 Å². The molecule has 1 saturated heterocycles. The molecule has 1 atom stereocenters. The van der Waals surface area contributed by atoms with Crippen molar-refractivity contribution in [3.8, 4) is 0 Å². The zero-order chi connectivity index (χ0) is 14.8. The van der Waals surface area contributed by atoms with Crippen LogP contribution in [0.4, 0.5) is 10.2 Å². The Hall–Kier alpha value is -1.25. The third-order valence-corrected chi connectivity index (χ3v) is 3.92. The number of aromatic nitrogens is 1. The molecule has 2 N–H and O–H groups in total. The standard InChI is InChI=1S/C12H18FN3O3S/c1-20(18,19)15-8-12(17)5-2-6-16(9-12)11-4-3-10(13)7-14-11/h3-4,7,15,17H,2,5-6,8-9H2,1H3/t12-/m1/s1. The molecule has 0 unspecified atom stereocenters. The largest absolute Gasteiger partial charge is 0.387 e. The minimum atomic E-state index is -3.34. The van der Waals surface area contributed by atoms with E-state index in [0.29, 0.717) is 25.2 Å². The van der Waals surface area contributed by atoms with Crippen LogP contribution in [-0.4, -0.2) is 50.0 Å². The van der Waals surface area contributed by atoms with E-state index in [1.54, 1.807) is 6.07 Å². The lowest BCUT2D eigenvalue weighted by molar-refractivity contribution is 0.0310. The first-order valence-electron chi connectivity index (χ1n) is 6.31. The van der Waals surface area contributed by atoms with Crippen LogP contribution in [-0.2, 0) is 10.0 Å². The van der Waals surface area contributed by atoms with Gasteiger partial charge in [-0.25, -0.2) is 22.5 Å². The highest BCUT2D eigenvalue weighted by atomic mass is 32.2. The molecular formula is C12H18FN3O3S. The highest BCUT2D eigenvalue weighted by Crippen LogP contribution is 2.24. The Balaban J connectivity index is 2.05. The number of β-amino-alcohol motifs (C(OH)–C–C–N with tert-alkyl or cyclic N) is 1. The SMILES string of the molecule is CS(=O)(=O)NC[C@]1(O)CCCN(c2ccc(F)cn2)C1. The number of nitrogens with zero attached hydrogens (tertiary/aromatic N) is 2. The van der Waals surface area contributed by atoms with Crippen LogP contribution in [0, 0.1) is 5.82 Å².